The number of carbonyl (C=O) groups excluding carboxylic acids is 2. The lowest BCUT2D eigenvalue weighted by Crippen LogP contribution is -2.59. The molecule has 3 aromatic rings. The Hall–Kier alpha value is -2.99. The lowest BCUT2D eigenvalue weighted by Gasteiger charge is -2.39. The van der Waals surface area contributed by atoms with Gasteiger partial charge >= 0.3 is 5.97 Å². The highest BCUT2D eigenvalue weighted by Gasteiger charge is 2.41. The van der Waals surface area contributed by atoms with Crippen LogP contribution in [0.5, 0.6) is 0 Å². The Labute approximate surface area is 224 Å². The van der Waals surface area contributed by atoms with Crippen molar-refractivity contribution in [1.29, 1.82) is 5.41 Å². The molecule has 1 fully saturated rings. The zero-order valence-electron chi connectivity index (χ0n) is 20.6. The minimum Gasteiger partial charge on any atom is -0.467 e. The molecular formula is C25H27ClN4O5S2. The maximum atomic E-state index is 13.4. The van der Waals surface area contributed by atoms with Gasteiger partial charge in [0.25, 0.3) is 15.9 Å². The number of nitrogens with zero attached hydrogens (tertiary/aromatic N) is 3. The summed E-state index contributed by atoms with van der Waals surface area (Å²) in [7, 11) is -0.900. The van der Waals surface area contributed by atoms with Crippen molar-refractivity contribution >= 4 is 60.8 Å². The van der Waals surface area contributed by atoms with Crippen molar-refractivity contribution < 1.29 is 22.7 Å². The Balaban J connectivity index is 1.57. The summed E-state index contributed by atoms with van der Waals surface area (Å²) in [4.78, 5) is 29.1. The molecular weight excluding hydrogens is 536 g/mol. The van der Waals surface area contributed by atoms with Gasteiger partial charge in [-0.15, -0.1) is 11.3 Å². The SMILES string of the molecule is CCN(C)C(=N)c1ccc(C(=O)N2CCN(S(=O)(=O)c3cc4ccc(Cl)cc4s3)CC2C(=O)OC)cc1. The van der Waals surface area contributed by atoms with E-state index < -0.39 is 27.9 Å². The summed E-state index contributed by atoms with van der Waals surface area (Å²) in [5, 5.41) is 9.49. The van der Waals surface area contributed by atoms with Crippen LogP contribution in [0.2, 0.25) is 5.02 Å². The van der Waals surface area contributed by atoms with E-state index in [1.165, 1.54) is 16.3 Å². The van der Waals surface area contributed by atoms with Crippen molar-refractivity contribution in [3.8, 4) is 0 Å². The van der Waals surface area contributed by atoms with E-state index in [2.05, 4.69) is 0 Å². The van der Waals surface area contributed by atoms with Crippen LogP contribution in [-0.2, 0) is 19.6 Å². The van der Waals surface area contributed by atoms with Crippen LogP contribution in [-0.4, -0.2) is 86.6 Å². The van der Waals surface area contributed by atoms with Crippen molar-refractivity contribution in [1.82, 2.24) is 14.1 Å². The number of benzene rings is 2. The topological polar surface area (TPSA) is 111 Å². The molecule has 1 aliphatic heterocycles. The summed E-state index contributed by atoms with van der Waals surface area (Å²) in [6, 6.07) is 12.2. The number of fused-ring (bicyclic) bond motifs is 1. The summed E-state index contributed by atoms with van der Waals surface area (Å²) in [6.07, 6.45) is 0. The van der Waals surface area contributed by atoms with Crippen molar-refractivity contribution in [3.05, 3.63) is 64.7 Å². The second-order valence-electron chi connectivity index (χ2n) is 8.59. The summed E-state index contributed by atoms with van der Waals surface area (Å²) in [5.74, 6) is -0.776. The molecule has 1 unspecified atom stereocenters. The molecule has 196 valence electrons. The number of amides is 1. The smallest absolute Gasteiger partial charge is 0.329 e. The standard InChI is InChI=1S/C25H27ClN4O5S2/c1-4-28(2)23(27)16-5-7-17(8-6-16)24(31)30-12-11-29(15-20(30)25(32)35-3)37(33,34)22-13-18-9-10-19(26)14-21(18)36-22/h5-10,13-14,20,27H,4,11-12,15H2,1-3H3. The number of amidine groups is 1. The predicted molar refractivity (Wildman–Crippen MR) is 144 cm³/mol. The molecule has 2 heterocycles. The van der Waals surface area contributed by atoms with Crippen molar-refractivity contribution in [2.45, 2.75) is 17.2 Å². The van der Waals surface area contributed by atoms with E-state index in [0.29, 0.717) is 28.5 Å². The molecule has 37 heavy (non-hydrogen) atoms. The number of thiophene rings is 1. The van der Waals surface area contributed by atoms with Gasteiger partial charge in [0, 0.05) is 54.1 Å². The Morgan fingerprint density at radius 1 is 1.14 bits per heavy atom. The van der Waals surface area contributed by atoms with Gasteiger partial charge in [-0.2, -0.15) is 4.31 Å². The summed E-state index contributed by atoms with van der Waals surface area (Å²) < 4.78 is 33.9. The molecule has 0 spiro atoms. The maximum Gasteiger partial charge on any atom is 0.329 e. The fourth-order valence-corrected chi connectivity index (χ4v) is 7.37. The van der Waals surface area contributed by atoms with Crippen LogP contribution in [0.1, 0.15) is 22.8 Å². The fraction of sp³-hybridized carbons (Fsp3) is 0.320. The second kappa shape index (κ2) is 10.8. The number of halogens is 1. The van der Waals surface area contributed by atoms with E-state index in [4.69, 9.17) is 21.7 Å². The zero-order chi connectivity index (χ0) is 26.9. The Kier molecular flexibility index (Phi) is 7.88. The molecule has 0 aliphatic carbocycles. The minimum absolute atomic E-state index is 0.0185. The molecule has 1 saturated heterocycles. The highest BCUT2D eigenvalue weighted by Crippen LogP contribution is 2.33. The largest absolute Gasteiger partial charge is 0.467 e. The third kappa shape index (κ3) is 5.35. The third-order valence-corrected chi connectivity index (χ3v) is 10.0. The number of nitrogens with one attached hydrogen (secondary N) is 1. The molecule has 2 aromatic carbocycles. The molecule has 1 aromatic heterocycles. The first-order valence-corrected chi connectivity index (χ1v) is 14.2. The number of hydrogen-bond acceptors (Lipinski definition) is 7. The number of piperazine rings is 1. The molecule has 1 aliphatic rings. The number of ether oxygens (including phenoxy) is 1. The summed E-state index contributed by atoms with van der Waals surface area (Å²) in [6.45, 7) is 2.43. The summed E-state index contributed by atoms with van der Waals surface area (Å²) in [5.41, 5.74) is 0.994. The molecule has 0 saturated carbocycles. The first-order valence-electron chi connectivity index (χ1n) is 11.5. The first-order chi connectivity index (χ1) is 17.6. The molecule has 1 N–H and O–H groups in total. The monoisotopic (exact) mass is 562 g/mol. The van der Waals surface area contributed by atoms with Crippen molar-refractivity contribution in [3.63, 3.8) is 0 Å². The molecule has 9 nitrogen and oxygen atoms in total. The number of hydrogen-bond donors (Lipinski definition) is 1. The average Bonchev–Trinajstić information content (AvgIpc) is 3.35. The van der Waals surface area contributed by atoms with E-state index in [1.807, 2.05) is 14.0 Å². The van der Waals surface area contributed by atoms with Gasteiger partial charge in [-0.05, 0) is 42.6 Å². The van der Waals surface area contributed by atoms with Crippen LogP contribution >= 0.6 is 22.9 Å². The van der Waals surface area contributed by atoms with Gasteiger partial charge < -0.3 is 14.5 Å². The average molecular weight is 563 g/mol. The minimum atomic E-state index is -3.92. The zero-order valence-corrected chi connectivity index (χ0v) is 23.0. The van der Waals surface area contributed by atoms with Crippen LogP contribution < -0.4 is 0 Å². The molecule has 1 amide bonds. The lowest BCUT2D eigenvalue weighted by molar-refractivity contribution is -0.147. The van der Waals surface area contributed by atoms with Gasteiger partial charge in [-0.3, -0.25) is 10.2 Å². The van der Waals surface area contributed by atoms with Gasteiger partial charge in [-0.1, -0.05) is 29.8 Å². The third-order valence-electron chi connectivity index (χ3n) is 6.39. The quantitative estimate of drug-likeness (QED) is 0.279. The first kappa shape index (κ1) is 27.1. The van der Waals surface area contributed by atoms with Crippen LogP contribution in [0.4, 0.5) is 0 Å². The number of rotatable bonds is 6. The molecule has 12 heteroatoms. The fourth-order valence-electron chi connectivity index (χ4n) is 4.11. The number of sulfonamides is 1. The van der Waals surface area contributed by atoms with E-state index >= 15 is 0 Å². The van der Waals surface area contributed by atoms with E-state index in [-0.39, 0.29) is 23.8 Å². The Morgan fingerprint density at radius 2 is 1.81 bits per heavy atom. The van der Waals surface area contributed by atoms with Gasteiger partial charge in [0.05, 0.1) is 7.11 Å². The normalized spacial score (nSPS) is 16.5. The molecule has 4 rings (SSSR count). The van der Waals surface area contributed by atoms with Crippen molar-refractivity contribution in [2.24, 2.45) is 0 Å². The van der Waals surface area contributed by atoms with Gasteiger partial charge in [0.15, 0.2) is 0 Å². The van der Waals surface area contributed by atoms with Crippen molar-refractivity contribution in [2.75, 3.05) is 40.3 Å². The van der Waals surface area contributed by atoms with Crippen LogP contribution in [0.15, 0.2) is 52.7 Å². The van der Waals surface area contributed by atoms with Gasteiger partial charge in [-0.25, -0.2) is 13.2 Å². The van der Waals surface area contributed by atoms with Gasteiger partial charge in [0.1, 0.15) is 16.1 Å². The van der Waals surface area contributed by atoms with E-state index in [0.717, 1.165) is 21.4 Å². The molecule has 0 bridgehead atoms. The Bertz CT molecular complexity index is 1460. The lowest BCUT2D eigenvalue weighted by atomic mass is 10.1. The molecule has 0 radical (unpaired) electrons. The van der Waals surface area contributed by atoms with Gasteiger partial charge in [0.2, 0.25) is 0 Å². The van der Waals surface area contributed by atoms with Crippen LogP contribution in [0.25, 0.3) is 10.1 Å². The van der Waals surface area contributed by atoms with Crippen LogP contribution in [0.3, 0.4) is 0 Å². The molecule has 1 atom stereocenters. The summed E-state index contributed by atoms with van der Waals surface area (Å²) >= 11 is 7.15. The highest BCUT2D eigenvalue weighted by molar-refractivity contribution is 7.91. The maximum absolute atomic E-state index is 13.4. The highest BCUT2D eigenvalue weighted by atomic mass is 35.5. The number of carbonyl (C=O) groups is 2. The second-order valence-corrected chi connectivity index (χ2v) is 12.3. The number of methoxy groups -OCH3 is 1. The predicted octanol–water partition coefficient (Wildman–Crippen LogP) is 3.52. The van der Waals surface area contributed by atoms with Crippen LogP contribution in [0, 0.1) is 5.41 Å². The number of esters is 1. The Morgan fingerprint density at radius 3 is 2.46 bits per heavy atom. The van der Waals surface area contributed by atoms with E-state index in [1.54, 1.807) is 53.4 Å². The van der Waals surface area contributed by atoms with E-state index in [9.17, 15) is 18.0 Å².